The Bertz CT molecular complexity index is 1050. The number of phenolic OH excluding ortho intramolecular Hbond substituents is 1. The number of carbonyl (C=O) groups is 3. The van der Waals surface area contributed by atoms with Crippen molar-refractivity contribution in [2.75, 3.05) is 0 Å². The molecule has 0 aromatic heterocycles. The van der Waals surface area contributed by atoms with Gasteiger partial charge in [-0.2, -0.15) is 0 Å². The van der Waals surface area contributed by atoms with E-state index in [4.69, 9.17) is 0 Å². The molecule has 0 bridgehead atoms. The molecule has 32 heavy (non-hydrogen) atoms. The van der Waals surface area contributed by atoms with Crippen LogP contribution in [0.3, 0.4) is 0 Å². The molecule has 3 rings (SSSR count). The molecule has 7 nitrogen and oxygen atoms in total. The molecule has 0 fully saturated rings. The second kappa shape index (κ2) is 10.8. The molecule has 0 heterocycles. The van der Waals surface area contributed by atoms with Gasteiger partial charge >= 0.3 is 5.97 Å². The standard InChI is InChI=1S/C25H24N2O5/c28-20-13-11-18(12-14-20)16-22(25(31)32)27-24(30)21(15-17-7-3-1-4-8-17)26-23(29)19-9-5-2-6-10-19/h1-14,21-22,28H,15-16H2,(H,26,29)(H,27,30)(H,31,32)/t21-,22-/m0/s1. The Morgan fingerprint density at radius 3 is 1.81 bits per heavy atom. The Kier molecular flexibility index (Phi) is 7.59. The molecule has 0 aliphatic carbocycles. The maximum absolute atomic E-state index is 13.0. The summed E-state index contributed by atoms with van der Waals surface area (Å²) in [4.78, 5) is 37.5. The highest BCUT2D eigenvalue weighted by atomic mass is 16.4. The second-order valence-corrected chi connectivity index (χ2v) is 7.35. The molecule has 0 spiro atoms. The number of aliphatic carboxylic acids is 1. The molecule has 0 aliphatic heterocycles. The van der Waals surface area contributed by atoms with E-state index in [0.29, 0.717) is 11.1 Å². The van der Waals surface area contributed by atoms with Gasteiger partial charge in [0, 0.05) is 18.4 Å². The van der Waals surface area contributed by atoms with Crippen LogP contribution < -0.4 is 10.6 Å². The number of hydrogen-bond donors (Lipinski definition) is 4. The Balaban J connectivity index is 1.76. The van der Waals surface area contributed by atoms with Crippen LogP contribution in [0.2, 0.25) is 0 Å². The molecule has 3 aromatic rings. The third kappa shape index (κ3) is 6.43. The minimum atomic E-state index is -1.20. The Morgan fingerprint density at radius 2 is 1.22 bits per heavy atom. The molecule has 0 saturated heterocycles. The predicted molar refractivity (Wildman–Crippen MR) is 119 cm³/mol. The van der Waals surface area contributed by atoms with Crippen molar-refractivity contribution in [1.29, 1.82) is 0 Å². The van der Waals surface area contributed by atoms with E-state index in [1.807, 2.05) is 30.3 Å². The van der Waals surface area contributed by atoms with Crippen LogP contribution in [0.4, 0.5) is 0 Å². The van der Waals surface area contributed by atoms with Crippen molar-refractivity contribution in [3.63, 3.8) is 0 Å². The summed E-state index contributed by atoms with van der Waals surface area (Å²) in [6.07, 6.45) is 0.239. The van der Waals surface area contributed by atoms with Crippen molar-refractivity contribution in [1.82, 2.24) is 10.6 Å². The van der Waals surface area contributed by atoms with Gasteiger partial charge in [0.2, 0.25) is 5.91 Å². The summed E-state index contributed by atoms with van der Waals surface area (Å²) in [5.74, 6) is -2.15. The van der Waals surface area contributed by atoms with E-state index >= 15 is 0 Å². The molecule has 0 saturated carbocycles. The number of amides is 2. The van der Waals surface area contributed by atoms with E-state index in [0.717, 1.165) is 5.56 Å². The summed E-state index contributed by atoms with van der Waals surface area (Å²) in [7, 11) is 0. The molecule has 7 heteroatoms. The summed E-state index contributed by atoms with van der Waals surface area (Å²) in [6.45, 7) is 0. The number of carboxylic acid groups (broad SMARTS) is 1. The first kappa shape index (κ1) is 22.6. The van der Waals surface area contributed by atoms with Crippen molar-refractivity contribution < 1.29 is 24.6 Å². The monoisotopic (exact) mass is 432 g/mol. The minimum Gasteiger partial charge on any atom is -0.508 e. The zero-order valence-electron chi connectivity index (χ0n) is 17.3. The Morgan fingerprint density at radius 1 is 0.688 bits per heavy atom. The lowest BCUT2D eigenvalue weighted by atomic mass is 10.0. The number of aromatic hydroxyl groups is 1. The average molecular weight is 432 g/mol. The van der Waals surface area contributed by atoms with E-state index in [1.165, 1.54) is 12.1 Å². The number of hydrogen-bond acceptors (Lipinski definition) is 4. The summed E-state index contributed by atoms with van der Waals surface area (Å²) >= 11 is 0. The van der Waals surface area contributed by atoms with Crippen LogP contribution >= 0.6 is 0 Å². The molecule has 3 aromatic carbocycles. The molecule has 2 atom stereocenters. The predicted octanol–water partition coefficient (Wildman–Crippen LogP) is 2.55. The normalized spacial score (nSPS) is 12.4. The van der Waals surface area contributed by atoms with Crippen molar-refractivity contribution in [3.05, 3.63) is 102 Å². The molecule has 164 valence electrons. The minimum absolute atomic E-state index is 0.0338. The lowest BCUT2D eigenvalue weighted by Gasteiger charge is -2.22. The van der Waals surface area contributed by atoms with E-state index in [1.54, 1.807) is 42.5 Å². The van der Waals surface area contributed by atoms with Gasteiger partial charge in [-0.25, -0.2) is 4.79 Å². The third-order valence-corrected chi connectivity index (χ3v) is 4.93. The smallest absolute Gasteiger partial charge is 0.326 e. The molecular weight excluding hydrogens is 408 g/mol. The number of benzene rings is 3. The van der Waals surface area contributed by atoms with Gasteiger partial charge in [-0.15, -0.1) is 0 Å². The van der Waals surface area contributed by atoms with Crippen molar-refractivity contribution in [2.45, 2.75) is 24.9 Å². The topological polar surface area (TPSA) is 116 Å². The highest BCUT2D eigenvalue weighted by Crippen LogP contribution is 2.12. The van der Waals surface area contributed by atoms with Gasteiger partial charge in [-0.05, 0) is 35.4 Å². The largest absolute Gasteiger partial charge is 0.508 e. The number of rotatable bonds is 9. The van der Waals surface area contributed by atoms with Crippen LogP contribution in [0, 0.1) is 0 Å². The first-order valence-electron chi connectivity index (χ1n) is 10.1. The molecular formula is C25H24N2O5. The highest BCUT2D eigenvalue weighted by molar-refractivity contribution is 5.98. The zero-order chi connectivity index (χ0) is 22.9. The van der Waals surface area contributed by atoms with Gasteiger partial charge in [0.05, 0.1) is 0 Å². The van der Waals surface area contributed by atoms with E-state index < -0.39 is 29.9 Å². The van der Waals surface area contributed by atoms with Crippen molar-refractivity contribution >= 4 is 17.8 Å². The molecule has 4 N–H and O–H groups in total. The fraction of sp³-hybridized carbons (Fsp3) is 0.160. The fourth-order valence-electron chi connectivity index (χ4n) is 3.23. The van der Waals surface area contributed by atoms with E-state index in [9.17, 15) is 24.6 Å². The van der Waals surface area contributed by atoms with Gasteiger partial charge in [-0.3, -0.25) is 9.59 Å². The van der Waals surface area contributed by atoms with Gasteiger partial charge in [0.1, 0.15) is 17.8 Å². The summed E-state index contributed by atoms with van der Waals surface area (Å²) < 4.78 is 0. The van der Waals surface area contributed by atoms with Crippen molar-refractivity contribution in [3.8, 4) is 5.75 Å². The molecule has 0 radical (unpaired) electrons. The van der Waals surface area contributed by atoms with Gasteiger partial charge in [-0.1, -0.05) is 60.7 Å². The van der Waals surface area contributed by atoms with Gasteiger partial charge in [0.15, 0.2) is 0 Å². The summed E-state index contributed by atoms with van der Waals surface area (Å²) in [5.41, 5.74) is 1.87. The Labute approximate surface area is 185 Å². The maximum atomic E-state index is 13.0. The SMILES string of the molecule is O=C(N[C@@H](Cc1ccccc1)C(=O)N[C@@H](Cc1ccc(O)cc1)C(=O)O)c1ccccc1. The van der Waals surface area contributed by atoms with Crippen LogP contribution in [0.5, 0.6) is 5.75 Å². The van der Waals surface area contributed by atoms with Crippen LogP contribution in [0.1, 0.15) is 21.5 Å². The number of carbonyl (C=O) groups excluding carboxylic acids is 2. The quantitative estimate of drug-likeness (QED) is 0.415. The lowest BCUT2D eigenvalue weighted by Crippen LogP contribution is -2.53. The van der Waals surface area contributed by atoms with Crippen molar-refractivity contribution in [2.24, 2.45) is 0 Å². The number of phenols is 1. The zero-order valence-corrected chi connectivity index (χ0v) is 17.3. The average Bonchev–Trinajstić information content (AvgIpc) is 2.80. The maximum Gasteiger partial charge on any atom is 0.326 e. The van der Waals surface area contributed by atoms with Crippen LogP contribution in [0.25, 0.3) is 0 Å². The molecule has 2 amide bonds. The molecule has 0 aliphatic rings. The highest BCUT2D eigenvalue weighted by Gasteiger charge is 2.27. The summed E-state index contributed by atoms with van der Waals surface area (Å²) in [6, 6.07) is 21.6. The summed E-state index contributed by atoms with van der Waals surface area (Å²) in [5, 5.41) is 24.3. The van der Waals surface area contributed by atoms with Gasteiger partial charge in [0.25, 0.3) is 5.91 Å². The first-order valence-corrected chi connectivity index (χ1v) is 10.1. The van der Waals surface area contributed by atoms with Crippen LogP contribution in [-0.4, -0.2) is 40.1 Å². The second-order valence-electron chi connectivity index (χ2n) is 7.35. The molecule has 0 unspecified atom stereocenters. The fourth-order valence-corrected chi connectivity index (χ4v) is 3.23. The third-order valence-electron chi connectivity index (χ3n) is 4.93. The first-order chi connectivity index (χ1) is 15.4. The van der Waals surface area contributed by atoms with Crippen LogP contribution in [-0.2, 0) is 22.4 Å². The number of carboxylic acids is 1. The Hall–Kier alpha value is -4.13. The van der Waals surface area contributed by atoms with Gasteiger partial charge < -0.3 is 20.8 Å². The van der Waals surface area contributed by atoms with Crippen LogP contribution in [0.15, 0.2) is 84.9 Å². The van der Waals surface area contributed by atoms with E-state index in [-0.39, 0.29) is 18.6 Å². The lowest BCUT2D eigenvalue weighted by molar-refractivity contribution is -0.142. The van der Waals surface area contributed by atoms with E-state index in [2.05, 4.69) is 10.6 Å². The number of nitrogens with one attached hydrogen (secondary N) is 2.